The summed E-state index contributed by atoms with van der Waals surface area (Å²) < 4.78 is 0. The van der Waals surface area contributed by atoms with Gasteiger partial charge in [-0.1, -0.05) is 12.8 Å². The molecule has 0 radical (unpaired) electrons. The number of rotatable bonds is 5. The Morgan fingerprint density at radius 2 is 1.50 bits per heavy atom. The molecule has 12 heavy (non-hydrogen) atoms. The van der Waals surface area contributed by atoms with Crippen LogP contribution in [0.25, 0.3) is 0 Å². The molecule has 72 valence electrons. The normalized spacial score (nSPS) is 19.2. The van der Waals surface area contributed by atoms with E-state index in [2.05, 4.69) is 4.90 Å². The van der Waals surface area contributed by atoms with Crippen LogP contribution in [-0.4, -0.2) is 47.5 Å². The predicted octanol–water partition coefficient (Wildman–Crippen LogP) is 0.216. The zero-order chi connectivity index (χ0) is 8.81. The zero-order valence-electron chi connectivity index (χ0n) is 7.58. The summed E-state index contributed by atoms with van der Waals surface area (Å²) in [5.41, 5.74) is 0. The maximum absolute atomic E-state index is 8.80. The fourth-order valence-electron chi connectivity index (χ4n) is 2.00. The highest BCUT2D eigenvalue weighted by Gasteiger charge is 2.21. The van der Waals surface area contributed by atoms with E-state index in [4.69, 9.17) is 10.2 Å². The van der Waals surface area contributed by atoms with E-state index in [1.165, 1.54) is 25.7 Å². The zero-order valence-corrected chi connectivity index (χ0v) is 7.58. The molecule has 1 saturated carbocycles. The van der Waals surface area contributed by atoms with Gasteiger partial charge in [-0.05, 0) is 12.8 Å². The lowest BCUT2D eigenvalue weighted by Gasteiger charge is -2.26. The Morgan fingerprint density at radius 1 is 1.00 bits per heavy atom. The first-order valence-electron chi connectivity index (χ1n) is 4.84. The van der Waals surface area contributed by atoms with Crippen LogP contribution >= 0.6 is 0 Å². The van der Waals surface area contributed by atoms with E-state index in [1.807, 2.05) is 0 Å². The monoisotopic (exact) mass is 173 g/mol. The second-order valence-corrected chi connectivity index (χ2v) is 3.42. The summed E-state index contributed by atoms with van der Waals surface area (Å²) in [5.74, 6) is 0. The molecule has 0 aliphatic heterocycles. The van der Waals surface area contributed by atoms with E-state index >= 15 is 0 Å². The number of hydrogen-bond donors (Lipinski definition) is 2. The first kappa shape index (κ1) is 9.96. The molecule has 0 unspecified atom stereocenters. The molecule has 1 fully saturated rings. The number of aliphatic hydroxyl groups excluding tert-OH is 2. The summed E-state index contributed by atoms with van der Waals surface area (Å²) in [6.07, 6.45) is 5.08. The average Bonchev–Trinajstić information content (AvgIpc) is 2.56. The average molecular weight is 173 g/mol. The van der Waals surface area contributed by atoms with Crippen LogP contribution in [0.4, 0.5) is 0 Å². The van der Waals surface area contributed by atoms with E-state index in [1.54, 1.807) is 0 Å². The molecule has 0 bridgehead atoms. The van der Waals surface area contributed by atoms with E-state index in [-0.39, 0.29) is 13.2 Å². The lowest BCUT2D eigenvalue weighted by atomic mass is 10.2. The molecule has 0 heterocycles. The topological polar surface area (TPSA) is 43.7 Å². The molecule has 0 aromatic carbocycles. The molecule has 1 aliphatic rings. The van der Waals surface area contributed by atoms with Crippen LogP contribution in [0, 0.1) is 0 Å². The molecule has 0 amide bonds. The van der Waals surface area contributed by atoms with E-state index < -0.39 is 0 Å². The summed E-state index contributed by atoms with van der Waals surface area (Å²) in [7, 11) is 0. The third-order valence-electron chi connectivity index (χ3n) is 2.62. The van der Waals surface area contributed by atoms with Crippen molar-refractivity contribution in [1.29, 1.82) is 0 Å². The van der Waals surface area contributed by atoms with Gasteiger partial charge in [0, 0.05) is 19.1 Å². The lowest BCUT2D eigenvalue weighted by Crippen LogP contribution is -2.37. The minimum atomic E-state index is 0.205. The van der Waals surface area contributed by atoms with Gasteiger partial charge in [0.15, 0.2) is 0 Å². The van der Waals surface area contributed by atoms with Crippen LogP contribution in [0.1, 0.15) is 25.7 Å². The standard InChI is InChI=1S/C9H19NO2/c11-7-5-10(6-8-12)9-3-1-2-4-9/h9,11-12H,1-8H2. The summed E-state index contributed by atoms with van der Waals surface area (Å²) in [6.45, 7) is 1.84. The van der Waals surface area contributed by atoms with E-state index in [0.717, 1.165) is 0 Å². The molecule has 1 aliphatic carbocycles. The number of nitrogens with zero attached hydrogens (tertiary/aromatic N) is 1. The molecular formula is C9H19NO2. The minimum absolute atomic E-state index is 0.205. The van der Waals surface area contributed by atoms with Crippen molar-refractivity contribution < 1.29 is 10.2 Å². The SMILES string of the molecule is OCCN(CCO)C1CCCC1. The Labute approximate surface area is 74.0 Å². The lowest BCUT2D eigenvalue weighted by molar-refractivity contribution is 0.123. The summed E-state index contributed by atoms with van der Waals surface area (Å²) in [4.78, 5) is 2.20. The van der Waals surface area contributed by atoms with Crippen molar-refractivity contribution in [2.75, 3.05) is 26.3 Å². The summed E-state index contributed by atoms with van der Waals surface area (Å²) >= 11 is 0. The van der Waals surface area contributed by atoms with Gasteiger partial charge < -0.3 is 10.2 Å². The van der Waals surface area contributed by atoms with E-state index in [0.29, 0.717) is 19.1 Å². The molecule has 1 rings (SSSR count). The number of aliphatic hydroxyl groups is 2. The molecule has 0 saturated heterocycles. The van der Waals surface area contributed by atoms with Crippen molar-refractivity contribution in [1.82, 2.24) is 4.90 Å². The van der Waals surface area contributed by atoms with Gasteiger partial charge in [0.2, 0.25) is 0 Å². The fraction of sp³-hybridized carbons (Fsp3) is 1.00. The van der Waals surface area contributed by atoms with Crippen molar-refractivity contribution in [3.05, 3.63) is 0 Å². The van der Waals surface area contributed by atoms with Crippen LogP contribution < -0.4 is 0 Å². The van der Waals surface area contributed by atoms with Gasteiger partial charge in [-0.15, -0.1) is 0 Å². The maximum Gasteiger partial charge on any atom is 0.0558 e. The van der Waals surface area contributed by atoms with Crippen molar-refractivity contribution in [3.8, 4) is 0 Å². The largest absolute Gasteiger partial charge is 0.395 e. The molecule has 2 N–H and O–H groups in total. The van der Waals surface area contributed by atoms with Crippen LogP contribution in [0.5, 0.6) is 0 Å². The quantitative estimate of drug-likeness (QED) is 0.625. The minimum Gasteiger partial charge on any atom is -0.395 e. The third-order valence-corrected chi connectivity index (χ3v) is 2.62. The summed E-state index contributed by atoms with van der Waals surface area (Å²) in [5, 5.41) is 17.6. The highest BCUT2D eigenvalue weighted by Crippen LogP contribution is 2.22. The second kappa shape index (κ2) is 5.51. The molecule has 3 heteroatoms. The van der Waals surface area contributed by atoms with Gasteiger partial charge in [-0.3, -0.25) is 4.90 Å². The Bertz CT molecular complexity index is 107. The molecule has 3 nitrogen and oxygen atoms in total. The Kier molecular flexibility index (Phi) is 4.58. The number of hydrogen-bond acceptors (Lipinski definition) is 3. The van der Waals surface area contributed by atoms with Crippen LogP contribution in [0.2, 0.25) is 0 Å². The molecule has 0 aromatic heterocycles. The first-order valence-corrected chi connectivity index (χ1v) is 4.84. The predicted molar refractivity (Wildman–Crippen MR) is 48.0 cm³/mol. The van der Waals surface area contributed by atoms with Crippen molar-refractivity contribution in [2.24, 2.45) is 0 Å². The smallest absolute Gasteiger partial charge is 0.0558 e. The highest BCUT2D eigenvalue weighted by atomic mass is 16.3. The fourth-order valence-corrected chi connectivity index (χ4v) is 2.00. The molecular weight excluding hydrogens is 154 g/mol. The Morgan fingerprint density at radius 3 is 1.92 bits per heavy atom. The van der Waals surface area contributed by atoms with E-state index in [9.17, 15) is 0 Å². The van der Waals surface area contributed by atoms with Crippen LogP contribution in [-0.2, 0) is 0 Å². The van der Waals surface area contributed by atoms with Crippen LogP contribution in [0.3, 0.4) is 0 Å². The third kappa shape index (κ3) is 2.73. The molecule has 0 aromatic rings. The maximum atomic E-state index is 8.80. The second-order valence-electron chi connectivity index (χ2n) is 3.42. The van der Waals surface area contributed by atoms with Gasteiger partial charge in [-0.25, -0.2) is 0 Å². The Balaban J connectivity index is 2.29. The van der Waals surface area contributed by atoms with Gasteiger partial charge in [-0.2, -0.15) is 0 Å². The van der Waals surface area contributed by atoms with Gasteiger partial charge in [0.25, 0.3) is 0 Å². The van der Waals surface area contributed by atoms with Crippen LogP contribution in [0.15, 0.2) is 0 Å². The van der Waals surface area contributed by atoms with Crippen molar-refractivity contribution in [3.63, 3.8) is 0 Å². The van der Waals surface area contributed by atoms with Gasteiger partial charge >= 0.3 is 0 Å². The molecule has 0 spiro atoms. The first-order chi connectivity index (χ1) is 5.88. The van der Waals surface area contributed by atoms with Crippen molar-refractivity contribution in [2.45, 2.75) is 31.7 Å². The molecule has 0 atom stereocenters. The Hall–Kier alpha value is -0.120. The van der Waals surface area contributed by atoms with Crippen molar-refractivity contribution >= 4 is 0 Å². The highest BCUT2D eigenvalue weighted by molar-refractivity contribution is 4.76. The summed E-state index contributed by atoms with van der Waals surface area (Å²) in [6, 6.07) is 0.615. The van der Waals surface area contributed by atoms with Gasteiger partial charge in [0.05, 0.1) is 13.2 Å². The van der Waals surface area contributed by atoms with Gasteiger partial charge in [0.1, 0.15) is 0 Å².